The van der Waals surface area contributed by atoms with Gasteiger partial charge in [-0.25, -0.2) is 0 Å². The summed E-state index contributed by atoms with van der Waals surface area (Å²) < 4.78 is 5.33. The Bertz CT molecular complexity index is 182. The maximum atomic E-state index is 5.33. The second-order valence-corrected chi connectivity index (χ2v) is 5.47. The van der Waals surface area contributed by atoms with Crippen molar-refractivity contribution in [1.82, 2.24) is 0 Å². The molecular formula is C16H32O. The van der Waals surface area contributed by atoms with Crippen molar-refractivity contribution in [3.63, 3.8) is 0 Å². The molecule has 0 rings (SSSR count). The van der Waals surface area contributed by atoms with Crippen molar-refractivity contribution in [1.29, 1.82) is 0 Å². The maximum Gasteiger partial charge on any atom is 0.0802 e. The van der Waals surface area contributed by atoms with Crippen LogP contribution in [-0.4, -0.2) is 12.7 Å². The molecule has 0 amide bonds. The summed E-state index contributed by atoms with van der Waals surface area (Å²) in [5.41, 5.74) is -0.0971. The molecule has 0 atom stereocenters. The van der Waals surface area contributed by atoms with Crippen LogP contribution in [0.2, 0.25) is 0 Å². The summed E-state index contributed by atoms with van der Waals surface area (Å²) in [5.74, 6) is 0. The van der Waals surface area contributed by atoms with E-state index in [1.165, 1.54) is 57.8 Å². The lowest BCUT2D eigenvalue weighted by atomic mass is 10.1. The van der Waals surface area contributed by atoms with Crippen LogP contribution in [0.15, 0.2) is 12.2 Å². The maximum absolute atomic E-state index is 5.33. The molecular weight excluding hydrogens is 208 g/mol. The van der Waals surface area contributed by atoms with Gasteiger partial charge < -0.3 is 4.74 Å². The molecule has 0 aromatic heterocycles. The summed E-state index contributed by atoms with van der Waals surface area (Å²) in [7, 11) is 1.76. The van der Waals surface area contributed by atoms with Crippen LogP contribution in [0, 0.1) is 0 Å². The predicted octanol–water partition coefficient (Wildman–Crippen LogP) is 5.50. The van der Waals surface area contributed by atoms with E-state index in [9.17, 15) is 0 Å². The zero-order valence-electron chi connectivity index (χ0n) is 12.4. The number of allylic oxidation sites excluding steroid dienone is 1. The first-order valence-electron chi connectivity index (χ1n) is 7.35. The molecule has 0 aliphatic heterocycles. The second-order valence-electron chi connectivity index (χ2n) is 5.47. The Kier molecular flexibility index (Phi) is 10.6. The second kappa shape index (κ2) is 10.8. The van der Waals surface area contributed by atoms with Gasteiger partial charge in [-0.2, -0.15) is 0 Å². The Balaban J connectivity index is 3.24. The van der Waals surface area contributed by atoms with Gasteiger partial charge in [0.15, 0.2) is 0 Å². The van der Waals surface area contributed by atoms with E-state index in [4.69, 9.17) is 4.74 Å². The van der Waals surface area contributed by atoms with Gasteiger partial charge in [0.1, 0.15) is 0 Å². The highest BCUT2D eigenvalue weighted by Gasteiger charge is 2.09. The van der Waals surface area contributed by atoms with Gasteiger partial charge in [0.25, 0.3) is 0 Å². The first kappa shape index (κ1) is 16.7. The van der Waals surface area contributed by atoms with Crippen molar-refractivity contribution < 1.29 is 4.74 Å². The molecule has 0 saturated heterocycles. The van der Waals surface area contributed by atoms with Gasteiger partial charge in [0.2, 0.25) is 0 Å². The van der Waals surface area contributed by atoms with Crippen LogP contribution in [0.5, 0.6) is 0 Å². The minimum Gasteiger partial charge on any atom is -0.375 e. The molecule has 0 heterocycles. The zero-order valence-corrected chi connectivity index (χ0v) is 12.4. The highest BCUT2D eigenvalue weighted by molar-refractivity contribution is 4.96. The standard InChI is InChI=1S/C16H32O/c1-5-6-7-8-9-10-11-12-13-14-15-16(2,3)17-4/h14-15H,5-13H2,1-4H3/b15-14+. The van der Waals surface area contributed by atoms with Gasteiger partial charge in [-0.05, 0) is 26.7 Å². The Morgan fingerprint density at radius 1 is 0.882 bits per heavy atom. The fraction of sp³-hybridized carbons (Fsp3) is 0.875. The third-order valence-corrected chi connectivity index (χ3v) is 3.27. The molecule has 0 unspecified atom stereocenters. The molecule has 1 heteroatoms. The van der Waals surface area contributed by atoms with Gasteiger partial charge in [-0.15, -0.1) is 0 Å². The van der Waals surface area contributed by atoms with Gasteiger partial charge in [0, 0.05) is 7.11 Å². The lowest BCUT2D eigenvalue weighted by Gasteiger charge is -2.17. The molecule has 0 aromatic rings. The van der Waals surface area contributed by atoms with Crippen molar-refractivity contribution in [2.75, 3.05) is 7.11 Å². The summed E-state index contributed by atoms with van der Waals surface area (Å²) in [6.07, 6.45) is 16.8. The van der Waals surface area contributed by atoms with Crippen LogP contribution in [0.3, 0.4) is 0 Å². The van der Waals surface area contributed by atoms with Crippen molar-refractivity contribution in [3.05, 3.63) is 12.2 Å². The van der Waals surface area contributed by atoms with Crippen LogP contribution >= 0.6 is 0 Å². The quantitative estimate of drug-likeness (QED) is 0.342. The van der Waals surface area contributed by atoms with E-state index in [1.54, 1.807) is 7.11 Å². The molecule has 0 aliphatic rings. The van der Waals surface area contributed by atoms with Crippen molar-refractivity contribution in [2.45, 2.75) is 84.2 Å². The molecule has 0 aromatic carbocycles. The molecule has 0 radical (unpaired) electrons. The van der Waals surface area contributed by atoms with Crippen LogP contribution in [0.1, 0.15) is 78.6 Å². The van der Waals surface area contributed by atoms with E-state index in [0.717, 1.165) is 0 Å². The minimum absolute atomic E-state index is 0.0971. The number of ether oxygens (including phenoxy) is 1. The summed E-state index contributed by atoms with van der Waals surface area (Å²) in [6.45, 7) is 6.46. The van der Waals surface area contributed by atoms with E-state index >= 15 is 0 Å². The number of rotatable bonds is 11. The molecule has 0 bridgehead atoms. The number of methoxy groups -OCH3 is 1. The molecule has 102 valence electrons. The van der Waals surface area contributed by atoms with E-state index < -0.39 is 0 Å². The smallest absolute Gasteiger partial charge is 0.0802 e. The first-order chi connectivity index (χ1) is 8.12. The van der Waals surface area contributed by atoms with E-state index in [0.29, 0.717) is 0 Å². The highest BCUT2D eigenvalue weighted by atomic mass is 16.5. The third kappa shape index (κ3) is 12.0. The molecule has 17 heavy (non-hydrogen) atoms. The zero-order chi connectivity index (χ0) is 13.0. The summed E-state index contributed by atoms with van der Waals surface area (Å²) >= 11 is 0. The van der Waals surface area contributed by atoms with Gasteiger partial charge in [0.05, 0.1) is 5.60 Å². The average molecular weight is 240 g/mol. The summed E-state index contributed by atoms with van der Waals surface area (Å²) in [6, 6.07) is 0. The predicted molar refractivity (Wildman–Crippen MR) is 77.5 cm³/mol. The fourth-order valence-corrected chi connectivity index (χ4v) is 1.83. The van der Waals surface area contributed by atoms with Gasteiger partial charge in [-0.3, -0.25) is 0 Å². The Hall–Kier alpha value is -0.300. The normalized spacial score (nSPS) is 12.5. The number of hydrogen-bond acceptors (Lipinski definition) is 1. The SMILES string of the molecule is CCCCCCCCCC/C=C/C(C)(C)OC. The number of hydrogen-bond donors (Lipinski definition) is 0. The molecule has 0 spiro atoms. The first-order valence-corrected chi connectivity index (χ1v) is 7.35. The van der Waals surface area contributed by atoms with Crippen molar-refractivity contribution >= 4 is 0 Å². The Labute approximate surface area is 109 Å². The largest absolute Gasteiger partial charge is 0.375 e. The lowest BCUT2D eigenvalue weighted by molar-refractivity contribution is 0.0653. The van der Waals surface area contributed by atoms with Crippen molar-refractivity contribution in [2.24, 2.45) is 0 Å². The van der Waals surface area contributed by atoms with E-state index in [1.807, 2.05) is 0 Å². The summed E-state index contributed by atoms with van der Waals surface area (Å²) in [5, 5.41) is 0. The minimum atomic E-state index is -0.0971. The lowest BCUT2D eigenvalue weighted by Crippen LogP contribution is -2.18. The fourth-order valence-electron chi connectivity index (χ4n) is 1.83. The average Bonchev–Trinajstić information content (AvgIpc) is 2.31. The van der Waals surface area contributed by atoms with E-state index in [-0.39, 0.29) is 5.60 Å². The Morgan fingerprint density at radius 2 is 1.41 bits per heavy atom. The molecule has 0 aliphatic carbocycles. The number of unbranched alkanes of at least 4 members (excludes halogenated alkanes) is 8. The van der Waals surface area contributed by atoms with Gasteiger partial charge >= 0.3 is 0 Å². The molecule has 1 nitrogen and oxygen atoms in total. The Morgan fingerprint density at radius 3 is 1.94 bits per heavy atom. The molecule has 0 saturated carbocycles. The third-order valence-electron chi connectivity index (χ3n) is 3.27. The van der Waals surface area contributed by atoms with E-state index in [2.05, 4.69) is 32.9 Å². The molecule has 0 fully saturated rings. The van der Waals surface area contributed by atoms with Crippen LogP contribution in [-0.2, 0) is 4.74 Å². The highest BCUT2D eigenvalue weighted by Crippen LogP contribution is 2.12. The van der Waals surface area contributed by atoms with Crippen molar-refractivity contribution in [3.8, 4) is 0 Å². The van der Waals surface area contributed by atoms with Crippen LogP contribution < -0.4 is 0 Å². The molecule has 0 N–H and O–H groups in total. The van der Waals surface area contributed by atoms with Crippen LogP contribution in [0.4, 0.5) is 0 Å². The summed E-state index contributed by atoms with van der Waals surface area (Å²) in [4.78, 5) is 0. The topological polar surface area (TPSA) is 9.23 Å². The van der Waals surface area contributed by atoms with Crippen LogP contribution in [0.25, 0.3) is 0 Å². The van der Waals surface area contributed by atoms with Gasteiger partial charge in [-0.1, -0.05) is 64.0 Å². The monoisotopic (exact) mass is 240 g/mol.